The number of nitrogens with one attached hydrogen (secondary N) is 1. The molecule has 1 aliphatic carbocycles. The Kier molecular flexibility index (Phi) is 4.37. The minimum Gasteiger partial charge on any atom is -0.316 e. The fraction of sp³-hybridized carbons (Fsp3) is 0.571. The van der Waals surface area contributed by atoms with Gasteiger partial charge in [0.15, 0.2) is 0 Å². The molecule has 0 bridgehead atoms. The Balaban J connectivity index is 2.16. The molecule has 1 aromatic carbocycles. The van der Waals surface area contributed by atoms with E-state index >= 15 is 0 Å². The van der Waals surface area contributed by atoms with Crippen molar-refractivity contribution in [2.45, 2.75) is 51.0 Å². The molecule has 0 atom stereocenters. The molecule has 0 amide bonds. The second kappa shape index (κ2) is 6.02. The lowest BCUT2D eigenvalue weighted by molar-refractivity contribution is 0.161. The molecule has 1 aliphatic rings. The summed E-state index contributed by atoms with van der Waals surface area (Å²) in [5.41, 5.74) is 4.96. The third kappa shape index (κ3) is 2.83. The predicted octanol–water partition coefficient (Wildman–Crippen LogP) is 3.60. The van der Waals surface area contributed by atoms with Crippen LogP contribution >= 0.6 is 0 Å². The molecule has 1 saturated carbocycles. The second-order valence-electron chi connectivity index (χ2n) is 4.72. The van der Waals surface area contributed by atoms with Crippen LogP contribution in [0.5, 0.6) is 0 Å². The molecule has 2 rings (SSSR count). The zero-order valence-corrected chi connectivity index (χ0v) is 9.78. The predicted molar refractivity (Wildman–Crippen MR) is 65.5 cm³/mol. The van der Waals surface area contributed by atoms with Gasteiger partial charge in [-0.15, -0.1) is 0 Å². The first-order chi connectivity index (χ1) is 7.92. The van der Waals surface area contributed by atoms with Crippen molar-refractivity contribution in [3.8, 4) is 0 Å². The molecule has 88 valence electrons. The van der Waals surface area contributed by atoms with Crippen LogP contribution in [0.3, 0.4) is 0 Å². The summed E-state index contributed by atoms with van der Waals surface area (Å²) in [6.07, 6.45) is 8.09. The van der Waals surface area contributed by atoms with Crippen molar-refractivity contribution in [3.63, 3.8) is 0 Å². The molecule has 1 aromatic rings. The van der Waals surface area contributed by atoms with E-state index in [4.69, 9.17) is 5.21 Å². The molecule has 2 heteroatoms. The van der Waals surface area contributed by atoms with Crippen LogP contribution < -0.4 is 5.48 Å². The zero-order chi connectivity index (χ0) is 11.2. The Morgan fingerprint density at radius 3 is 2.44 bits per heavy atom. The van der Waals surface area contributed by atoms with E-state index in [0.717, 1.165) is 0 Å². The van der Waals surface area contributed by atoms with Crippen LogP contribution in [0.25, 0.3) is 0 Å². The second-order valence-corrected chi connectivity index (χ2v) is 4.72. The van der Waals surface area contributed by atoms with Gasteiger partial charge >= 0.3 is 0 Å². The van der Waals surface area contributed by atoms with Crippen LogP contribution in [0, 0.1) is 0 Å². The van der Waals surface area contributed by atoms with Crippen LogP contribution in [0.15, 0.2) is 24.3 Å². The van der Waals surface area contributed by atoms with Gasteiger partial charge < -0.3 is 5.21 Å². The van der Waals surface area contributed by atoms with Crippen molar-refractivity contribution in [1.29, 1.82) is 0 Å². The van der Waals surface area contributed by atoms with Gasteiger partial charge in [0.2, 0.25) is 0 Å². The topological polar surface area (TPSA) is 32.3 Å². The van der Waals surface area contributed by atoms with Gasteiger partial charge in [0, 0.05) is 6.54 Å². The summed E-state index contributed by atoms with van der Waals surface area (Å²) < 4.78 is 0. The van der Waals surface area contributed by atoms with Crippen molar-refractivity contribution in [3.05, 3.63) is 35.4 Å². The first-order valence-corrected chi connectivity index (χ1v) is 6.36. The molecule has 0 aliphatic heterocycles. The standard InChI is InChI=1S/C14H21NO/c16-15-11-13-9-5-6-10-14(13)12-7-3-1-2-4-8-12/h5-6,9-10,12,15-16H,1-4,7-8,11H2. The minimum absolute atomic E-state index is 0.562. The SMILES string of the molecule is ONCc1ccccc1C1CCCCCC1. The molecule has 0 unspecified atom stereocenters. The fourth-order valence-electron chi connectivity index (χ4n) is 2.77. The molecule has 1 fully saturated rings. The molecule has 0 spiro atoms. The van der Waals surface area contributed by atoms with Crippen LogP contribution in [-0.4, -0.2) is 5.21 Å². The van der Waals surface area contributed by atoms with E-state index in [2.05, 4.69) is 23.7 Å². The summed E-state index contributed by atoms with van der Waals surface area (Å²) in [6.45, 7) is 0.562. The van der Waals surface area contributed by atoms with Gasteiger partial charge in [-0.2, -0.15) is 0 Å². The van der Waals surface area contributed by atoms with Crippen LogP contribution in [0.2, 0.25) is 0 Å². The number of benzene rings is 1. The molecule has 0 saturated heterocycles. The van der Waals surface area contributed by atoms with Gasteiger partial charge in [0.1, 0.15) is 0 Å². The molecular weight excluding hydrogens is 198 g/mol. The van der Waals surface area contributed by atoms with Crippen molar-refractivity contribution in [1.82, 2.24) is 5.48 Å². The van der Waals surface area contributed by atoms with E-state index in [1.807, 2.05) is 6.07 Å². The summed E-state index contributed by atoms with van der Waals surface area (Å²) in [7, 11) is 0. The Bertz CT molecular complexity index is 316. The monoisotopic (exact) mass is 219 g/mol. The summed E-state index contributed by atoms with van der Waals surface area (Å²) >= 11 is 0. The summed E-state index contributed by atoms with van der Waals surface area (Å²) in [6, 6.07) is 8.50. The number of rotatable bonds is 3. The molecule has 2 N–H and O–H groups in total. The van der Waals surface area contributed by atoms with Gasteiger partial charge in [0.05, 0.1) is 0 Å². The maximum atomic E-state index is 8.85. The molecular formula is C14H21NO. The van der Waals surface area contributed by atoms with Gasteiger partial charge in [-0.25, -0.2) is 5.48 Å². The van der Waals surface area contributed by atoms with E-state index in [1.165, 1.54) is 49.7 Å². The Morgan fingerprint density at radius 1 is 1.06 bits per heavy atom. The third-order valence-electron chi connectivity index (χ3n) is 3.62. The van der Waals surface area contributed by atoms with Crippen molar-refractivity contribution in [2.75, 3.05) is 0 Å². The van der Waals surface area contributed by atoms with Gasteiger partial charge in [-0.3, -0.25) is 0 Å². The lowest BCUT2D eigenvalue weighted by atomic mass is 9.88. The minimum atomic E-state index is 0.562. The highest BCUT2D eigenvalue weighted by molar-refractivity contribution is 5.30. The zero-order valence-electron chi connectivity index (χ0n) is 9.78. The quantitative estimate of drug-likeness (QED) is 0.601. The van der Waals surface area contributed by atoms with Crippen LogP contribution in [-0.2, 0) is 6.54 Å². The summed E-state index contributed by atoms with van der Waals surface area (Å²) in [5, 5.41) is 8.85. The molecule has 0 aromatic heterocycles. The third-order valence-corrected chi connectivity index (χ3v) is 3.62. The van der Waals surface area contributed by atoms with Crippen LogP contribution in [0.1, 0.15) is 55.6 Å². The largest absolute Gasteiger partial charge is 0.316 e. The summed E-state index contributed by atoms with van der Waals surface area (Å²) in [5.74, 6) is 0.701. The van der Waals surface area contributed by atoms with Crippen LogP contribution in [0.4, 0.5) is 0 Å². The van der Waals surface area contributed by atoms with Gasteiger partial charge in [-0.1, -0.05) is 49.9 Å². The van der Waals surface area contributed by atoms with Gasteiger partial charge in [-0.05, 0) is 29.9 Å². The van der Waals surface area contributed by atoms with Crippen molar-refractivity contribution in [2.24, 2.45) is 0 Å². The van der Waals surface area contributed by atoms with E-state index in [-0.39, 0.29) is 0 Å². The van der Waals surface area contributed by atoms with E-state index < -0.39 is 0 Å². The summed E-state index contributed by atoms with van der Waals surface area (Å²) in [4.78, 5) is 0. The van der Waals surface area contributed by atoms with Crippen molar-refractivity contribution >= 4 is 0 Å². The fourth-order valence-corrected chi connectivity index (χ4v) is 2.77. The normalized spacial score (nSPS) is 18.3. The highest BCUT2D eigenvalue weighted by Crippen LogP contribution is 2.33. The lowest BCUT2D eigenvalue weighted by Crippen LogP contribution is -2.10. The number of hydrogen-bond acceptors (Lipinski definition) is 2. The molecule has 2 nitrogen and oxygen atoms in total. The van der Waals surface area contributed by atoms with Crippen molar-refractivity contribution < 1.29 is 5.21 Å². The highest BCUT2D eigenvalue weighted by atomic mass is 16.5. The molecule has 0 radical (unpaired) electrons. The van der Waals surface area contributed by atoms with Gasteiger partial charge in [0.25, 0.3) is 0 Å². The lowest BCUT2D eigenvalue weighted by Gasteiger charge is -2.18. The first kappa shape index (κ1) is 11.6. The highest BCUT2D eigenvalue weighted by Gasteiger charge is 2.16. The average molecular weight is 219 g/mol. The van der Waals surface area contributed by atoms with E-state index in [1.54, 1.807) is 0 Å². The Morgan fingerprint density at radius 2 is 1.75 bits per heavy atom. The van der Waals surface area contributed by atoms with E-state index in [0.29, 0.717) is 12.5 Å². The first-order valence-electron chi connectivity index (χ1n) is 6.36. The maximum Gasteiger partial charge on any atom is 0.0460 e. The average Bonchev–Trinajstić information content (AvgIpc) is 2.59. The Hall–Kier alpha value is -0.860. The number of hydroxylamine groups is 1. The molecule has 0 heterocycles. The number of hydrogen-bond donors (Lipinski definition) is 2. The van der Waals surface area contributed by atoms with E-state index in [9.17, 15) is 0 Å². The molecule has 16 heavy (non-hydrogen) atoms. The maximum absolute atomic E-state index is 8.85. The Labute approximate surface area is 97.6 Å². The smallest absolute Gasteiger partial charge is 0.0460 e.